The molecular weight excluding hydrogens is 320 g/mol. The molecule has 0 aromatic heterocycles. The van der Waals surface area contributed by atoms with Gasteiger partial charge in [-0.05, 0) is 48.5 Å². The Labute approximate surface area is 137 Å². The molecule has 0 saturated heterocycles. The number of amides is 2. The van der Waals surface area contributed by atoms with Gasteiger partial charge in [-0.2, -0.15) is 0 Å². The first kappa shape index (κ1) is 16.5. The molecule has 2 N–H and O–H groups in total. The number of rotatable bonds is 3. The van der Waals surface area contributed by atoms with Gasteiger partial charge in [0, 0.05) is 16.1 Å². The lowest BCUT2D eigenvalue weighted by molar-refractivity contribution is 0.0600. The van der Waals surface area contributed by atoms with Crippen LogP contribution in [0, 0.1) is 0 Å². The summed E-state index contributed by atoms with van der Waals surface area (Å²) < 4.78 is 4.57. The van der Waals surface area contributed by atoms with E-state index in [0.717, 1.165) is 0 Å². The minimum absolute atomic E-state index is 0.286. The van der Waals surface area contributed by atoms with Gasteiger partial charge < -0.3 is 4.74 Å². The molecule has 0 spiro atoms. The largest absolute Gasteiger partial charge is 0.465 e. The fourth-order valence-electron chi connectivity index (χ4n) is 1.73. The zero-order valence-corrected chi connectivity index (χ0v) is 12.9. The predicted octanol–water partition coefficient (Wildman–Crippen LogP) is 2.20. The molecule has 0 atom stereocenters. The number of halogens is 1. The maximum Gasteiger partial charge on any atom is 0.337 e. The van der Waals surface area contributed by atoms with Crippen LogP contribution in [0.2, 0.25) is 5.02 Å². The third kappa shape index (κ3) is 4.31. The van der Waals surface area contributed by atoms with Crippen molar-refractivity contribution in [2.24, 2.45) is 0 Å². The maximum atomic E-state index is 11.9. The van der Waals surface area contributed by atoms with E-state index in [2.05, 4.69) is 15.6 Å². The molecule has 0 bridgehead atoms. The van der Waals surface area contributed by atoms with Crippen LogP contribution in [-0.2, 0) is 4.74 Å². The molecular formula is C16H13ClN2O4. The van der Waals surface area contributed by atoms with Crippen LogP contribution in [0.3, 0.4) is 0 Å². The average molecular weight is 333 g/mol. The summed E-state index contributed by atoms with van der Waals surface area (Å²) in [5.41, 5.74) is 5.55. The van der Waals surface area contributed by atoms with Gasteiger partial charge in [0.1, 0.15) is 0 Å². The van der Waals surface area contributed by atoms with Crippen LogP contribution in [0.15, 0.2) is 48.5 Å². The van der Waals surface area contributed by atoms with Crippen molar-refractivity contribution in [2.75, 3.05) is 7.11 Å². The van der Waals surface area contributed by atoms with Crippen LogP contribution in [-0.4, -0.2) is 24.9 Å². The van der Waals surface area contributed by atoms with Gasteiger partial charge in [-0.1, -0.05) is 11.6 Å². The van der Waals surface area contributed by atoms with Crippen LogP contribution in [0.5, 0.6) is 0 Å². The molecule has 0 saturated carbocycles. The van der Waals surface area contributed by atoms with Crippen LogP contribution in [0.4, 0.5) is 0 Å². The standard InChI is InChI=1S/C16H13ClN2O4/c1-23-16(22)12-4-2-10(3-5-12)14(20)18-19-15(21)11-6-8-13(17)9-7-11/h2-9H,1H3,(H,18,20)(H,19,21). The van der Waals surface area contributed by atoms with E-state index in [1.807, 2.05) is 0 Å². The Kier molecular flexibility index (Phi) is 5.32. The van der Waals surface area contributed by atoms with Crippen molar-refractivity contribution in [3.05, 3.63) is 70.2 Å². The van der Waals surface area contributed by atoms with Crippen LogP contribution in [0.25, 0.3) is 0 Å². The monoisotopic (exact) mass is 332 g/mol. The van der Waals surface area contributed by atoms with Crippen LogP contribution < -0.4 is 10.9 Å². The normalized spacial score (nSPS) is 9.83. The van der Waals surface area contributed by atoms with Crippen LogP contribution in [0.1, 0.15) is 31.1 Å². The maximum absolute atomic E-state index is 11.9. The fourth-order valence-corrected chi connectivity index (χ4v) is 1.86. The number of hydrogen-bond donors (Lipinski definition) is 2. The van der Waals surface area contributed by atoms with E-state index in [4.69, 9.17) is 11.6 Å². The topological polar surface area (TPSA) is 84.5 Å². The molecule has 0 unspecified atom stereocenters. The highest BCUT2D eigenvalue weighted by Gasteiger charge is 2.10. The molecule has 0 aliphatic carbocycles. The third-order valence-corrected chi connectivity index (χ3v) is 3.22. The van der Waals surface area contributed by atoms with Gasteiger partial charge in [0.2, 0.25) is 0 Å². The summed E-state index contributed by atoms with van der Waals surface area (Å²) >= 11 is 5.74. The van der Waals surface area contributed by atoms with Gasteiger partial charge in [0.05, 0.1) is 12.7 Å². The molecule has 6 nitrogen and oxygen atoms in total. The highest BCUT2D eigenvalue weighted by molar-refractivity contribution is 6.30. The lowest BCUT2D eigenvalue weighted by atomic mass is 10.1. The lowest BCUT2D eigenvalue weighted by Crippen LogP contribution is -2.41. The molecule has 2 amide bonds. The Morgan fingerprint density at radius 2 is 1.17 bits per heavy atom. The van der Waals surface area contributed by atoms with Crippen molar-refractivity contribution in [2.45, 2.75) is 0 Å². The zero-order chi connectivity index (χ0) is 16.8. The molecule has 7 heteroatoms. The van der Waals surface area contributed by atoms with Gasteiger partial charge in [-0.25, -0.2) is 4.79 Å². The summed E-state index contributed by atoms with van der Waals surface area (Å²) in [4.78, 5) is 35.1. The van der Waals surface area contributed by atoms with Gasteiger partial charge in [-0.15, -0.1) is 0 Å². The summed E-state index contributed by atoms with van der Waals surface area (Å²) in [6.07, 6.45) is 0. The average Bonchev–Trinajstić information content (AvgIpc) is 2.59. The number of carbonyl (C=O) groups is 3. The first-order chi connectivity index (χ1) is 11.0. The quantitative estimate of drug-likeness (QED) is 0.666. The van der Waals surface area contributed by atoms with E-state index in [9.17, 15) is 14.4 Å². The number of methoxy groups -OCH3 is 1. The summed E-state index contributed by atoms with van der Waals surface area (Å²) in [5, 5.41) is 0.510. The second kappa shape index (κ2) is 7.42. The second-order valence-electron chi connectivity index (χ2n) is 4.48. The van der Waals surface area contributed by atoms with E-state index in [0.29, 0.717) is 16.1 Å². The number of ether oxygens (including phenoxy) is 1. The smallest absolute Gasteiger partial charge is 0.337 e. The zero-order valence-electron chi connectivity index (χ0n) is 12.1. The van der Waals surface area contributed by atoms with Gasteiger partial charge in [0.25, 0.3) is 11.8 Å². The molecule has 0 aliphatic heterocycles. The van der Waals surface area contributed by atoms with E-state index < -0.39 is 17.8 Å². The number of benzene rings is 2. The molecule has 23 heavy (non-hydrogen) atoms. The number of hydrogen-bond acceptors (Lipinski definition) is 4. The van der Waals surface area contributed by atoms with Gasteiger partial charge in [-0.3, -0.25) is 20.4 Å². The molecule has 0 aliphatic rings. The van der Waals surface area contributed by atoms with E-state index in [1.54, 1.807) is 12.1 Å². The summed E-state index contributed by atoms with van der Waals surface area (Å²) in [7, 11) is 1.27. The first-order valence-corrected chi connectivity index (χ1v) is 6.93. The summed E-state index contributed by atoms with van der Waals surface area (Å²) in [5.74, 6) is -1.47. The molecule has 0 fully saturated rings. The van der Waals surface area contributed by atoms with E-state index in [-0.39, 0.29) is 5.56 Å². The molecule has 2 aromatic rings. The van der Waals surface area contributed by atoms with Crippen molar-refractivity contribution in [3.63, 3.8) is 0 Å². The number of esters is 1. The number of hydrazine groups is 1. The van der Waals surface area contributed by atoms with Crippen LogP contribution >= 0.6 is 11.6 Å². The lowest BCUT2D eigenvalue weighted by Gasteiger charge is -2.08. The molecule has 118 valence electrons. The first-order valence-electron chi connectivity index (χ1n) is 6.56. The number of nitrogens with one attached hydrogen (secondary N) is 2. The predicted molar refractivity (Wildman–Crippen MR) is 84.2 cm³/mol. The van der Waals surface area contributed by atoms with Crippen molar-refractivity contribution in [3.8, 4) is 0 Å². The Morgan fingerprint density at radius 1 is 0.783 bits per heavy atom. The highest BCUT2D eigenvalue weighted by Crippen LogP contribution is 2.09. The van der Waals surface area contributed by atoms with E-state index >= 15 is 0 Å². The SMILES string of the molecule is COC(=O)c1ccc(C(=O)NNC(=O)c2ccc(Cl)cc2)cc1. The van der Waals surface area contributed by atoms with Crippen molar-refractivity contribution in [1.29, 1.82) is 0 Å². The van der Waals surface area contributed by atoms with Crippen molar-refractivity contribution >= 4 is 29.4 Å². The third-order valence-electron chi connectivity index (χ3n) is 2.96. The summed E-state index contributed by atoms with van der Waals surface area (Å²) in [6, 6.07) is 12.0. The minimum atomic E-state index is -0.510. The Hall–Kier alpha value is -2.86. The highest BCUT2D eigenvalue weighted by atomic mass is 35.5. The Bertz CT molecular complexity index is 727. The van der Waals surface area contributed by atoms with Gasteiger partial charge in [0.15, 0.2) is 0 Å². The molecule has 2 aromatic carbocycles. The van der Waals surface area contributed by atoms with Crippen molar-refractivity contribution in [1.82, 2.24) is 10.9 Å². The Balaban J connectivity index is 1.95. The minimum Gasteiger partial charge on any atom is -0.465 e. The Morgan fingerprint density at radius 3 is 1.61 bits per heavy atom. The molecule has 0 heterocycles. The molecule has 2 rings (SSSR count). The van der Waals surface area contributed by atoms with Gasteiger partial charge >= 0.3 is 5.97 Å². The van der Waals surface area contributed by atoms with Crippen molar-refractivity contribution < 1.29 is 19.1 Å². The number of carbonyl (C=O) groups excluding carboxylic acids is 3. The molecule has 0 radical (unpaired) electrons. The fraction of sp³-hybridized carbons (Fsp3) is 0.0625. The summed E-state index contributed by atoms with van der Waals surface area (Å²) in [6.45, 7) is 0. The second-order valence-corrected chi connectivity index (χ2v) is 4.92. The van der Waals surface area contributed by atoms with E-state index in [1.165, 1.54) is 43.5 Å².